The molecule has 10 heteroatoms. The molecule has 2 fully saturated rings. The first-order valence-corrected chi connectivity index (χ1v) is 12.8. The minimum absolute atomic E-state index is 0.00250. The van der Waals surface area contributed by atoms with Crippen LogP contribution in [0.1, 0.15) is 31.2 Å². The Kier molecular flexibility index (Phi) is 8.47. The van der Waals surface area contributed by atoms with Crippen LogP contribution in [0.15, 0.2) is 42.1 Å². The number of anilines is 1. The van der Waals surface area contributed by atoms with Crippen molar-refractivity contribution in [1.29, 1.82) is 5.26 Å². The number of hydrogen-bond donors (Lipinski definition) is 1. The van der Waals surface area contributed by atoms with E-state index in [0.717, 1.165) is 50.4 Å². The molecule has 1 aromatic rings. The van der Waals surface area contributed by atoms with Crippen molar-refractivity contribution in [2.75, 3.05) is 51.1 Å². The maximum absolute atomic E-state index is 12.8. The molecular weight excluding hydrogens is 491 g/mol. The summed E-state index contributed by atoms with van der Waals surface area (Å²) in [5.41, 5.74) is 2.19. The third-order valence-corrected chi connectivity index (χ3v) is 7.50. The number of alkyl halides is 3. The number of likely N-dealkylation sites (tertiary alicyclic amines) is 1. The van der Waals surface area contributed by atoms with Gasteiger partial charge in [0, 0.05) is 69.7 Å². The second-order valence-electron chi connectivity index (χ2n) is 9.56. The lowest BCUT2D eigenvalue weighted by Crippen LogP contribution is -2.47. The fourth-order valence-electron chi connectivity index (χ4n) is 4.93. The Hall–Kier alpha value is -2.70. The van der Waals surface area contributed by atoms with E-state index in [0.29, 0.717) is 36.6 Å². The van der Waals surface area contributed by atoms with Gasteiger partial charge < -0.3 is 15.1 Å². The maximum Gasteiger partial charge on any atom is 0.395 e. The minimum Gasteiger partial charge on any atom is -0.382 e. The molecule has 194 valence electrons. The van der Waals surface area contributed by atoms with Gasteiger partial charge in [0.1, 0.15) is 6.07 Å². The molecule has 0 aromatic heterocycles. The fraction of sp³-hybridized carbons (Fsp3) is 0.538. The topological polar surface area (TPSA) is 62.6 Å². The number of hydrogen-bond acceptors (Lipinski definition) is 5. The van der Waals surface area contributed by atoms with Crippen molar-refractivity contribution in [2.45, 2.75) is 37.9 Å². The first-order chi connectivity index (χ1) is 17.2. The predicted octanol–water partition coefficient (Wildman–Crippen LogP) is 4.64. The van der Waals surface area contributed by atoms with E-state index in [4.69, 9.17) is 16.9 Å². The van der Waals surface area contributed by atoms with Crippen molar-refractivity contribution in [3.8, 4) is 6.07 Å². The Labute approximate surface area is 215 Å². The van der Waals surface area contributed by atoms with Crippen LogP contribution in [0.25, 0.3) is 0 Å². The lowest BCUT2D eigenvalue weighted by Gasteiger charge is -2.38. The van der Waals surface area contributed by atoms with Crippen LogP contribution in [0, 0.1) is 17.2 Å². The first-order valence-electron chi connectivity index (χ1n) is 12.4. The average molecular weight is 522 g/mol. The summed E-state index contributed by atoms with van der Waals surface area (Å²) in [6, 6.07) is 7.62. The summed E-state index contributed by atoms with van der Waals surface area (Å²) in [5.74, 6) is -1.22. The molecule has 1 unspecified atom stereocenters. The van der Waals surface area contributed by atoms with Crippen LogP contribution in [-0.4, -0.2) is 78.6 Å². The highest BCUT2D eigenvalue weighted by molar-refractivity contribution is 6.32. The monoisotopic (exact) mass is 521 g/mol. The summed E-state index contributed by atoms with van der Waals surface area (Å²) in [6.45, 7) is 5.18. The number of nitriles is 1. The molecule has 0 saturated carbocycles. The van der Waals surface area contributed by atoms with Gasteiger partial charge in [-0.2, -0.15) is 18.4 Å². The van der Waals surface area contributed by atoms with Crippen molar-refractivity contribution in [3.05, 3.63) is 52.7 Å². The first kappa shape index (κ1) is 26.4. The molecule has 1 amide bonds. The number of piperazine rings is 1. The van der Waals surface area contributed by atoms with Gasteiger partial charge >= 0.3 is 6.18 Å². The Bertz CT molecular complexity index is 1030. The normalized spacial score (nSPS) is 21.8. The second-order valence-corrected chi connectivity index (χ2v) is 9.96. The number of amides is 1. The van der Waals surface area contributed by atoms with Crippen LogP contribution >= 0.6 is 11.6 Å². The molecule has 0 bridgehead atoms. The number of nitrogens with zero attached hydrogens (tertiary/aromatic N) is 4. The van der Waals surface area contributed by atoms with Crippen LogP contribution in [0.4, 0.5) is 18.9 Å². The molecular formula is C26H31ClF3N5O. The van der Waals surface area contributed by atoms with Crippen LogP contribution in [0.2, 0.25) is 5.02 Å². The molecule has 2 heterocycles. The highest BCUT2D eigenvalue weighted by atomic mass is 35.5. The van der Waals surface area contributed by atoms with Crippen molar-refractivity contribution in [2.24, 2.45) is 5.92 Å². The summed E-state index contributed by atoms with van der Waals surface area (Å²) >= 11 is 6.11. The number of nitrogens with one attached hydrogen (secondary N) is 1. The number of carbonyl (C=O) groups excluding carboxylic acids is 1. The molecule has 1 aliphatic carbocycles. The number of carbonyl (C=O) groups is 1. The third-order valence-electron chi connectivity index (χ3n) is 7.19. The van der Waals surface area contributed by atoms with Gasteiger partial charge in [0.25, 0.3) is 0 Å². The van der Waals surface area contributed by atoms with E-state index < -0.39 is 12.1 Å². The summed E-state index contributed by atoms with van der Waals surface area (Å²) in [5, 5.41) is 12.9. The van der Waals surface area contributed by atoms with Crippen LogP contribution in [0.5, 0.6) is 0 Å². The number of halogens is 4. The SMILES string of the molecule is N#Cc1ccc(NC2CCN(C(=O)CCN3CCN(C4=CCC(C(F)(F)F)C=C4)CC3)CC2)cc1Cl. The lowest BCUT2D eigenvalue weighted by atomic mass is 9.98. The van der Waals surface area contributed by atoms with Gasteiger partial charge in [0.2, 0.25) is 5.91 Å². The molecule has 1 N–H and O–H groups in total. The molecule has 1 aromatic carbocycles. The largest absolute Gasteiger partial charge is 0.395 e. The third kappa shape index (κ3) is 6.74. The number of benzene rings is 1. The van der Waals surface area contributed by atoms with Crippen LogP contribution in [0.3, 0.4) is 0 Å². The van der Waals surface area contributed by atoms with Gasteiger partial charge in [-0.05, 0) is 43.5 Å². The molecule has 36 heavy (non-hydrogen) atoms. The summed E-state index contributed by atoms with van der Waals surface area (Å²) in [4.78, 5) is 19.1. The highest BCUT2D eigenvalue weighted by Crippen LogP contribution is 2.33. The van der Waals surface area contributed by atoms with E-state index in [-0.39, 0.29) is 18.4 Å². The Morgan fingerprint density at radius 1 is 1.14 bits per heavy atom. The zero-order valence-electron chi connectivity index (χ0n) is 20.1. The number of rotatable bonds is 6. The van der Waals surface area contributed by atoms with E-state index >= 15 is 0 Å². The summed E-state index contributed by atoms with van der Waals surface area (Å²) in [7, 11) is 0. The zero-order valence-corrected chi connectivity index (χ0v) is 20.9. The molecule has 1 atom stereocenters. The van der Waals surface area contributed by atoms with Gasteiger partial charge in [0.15, 0.2) is 0 Å². The van der Waals surface area contributed by atoms with Gasteiger partial charge in [0.05, 0.1) is 16.5 Å². The van der Waals surface area contributed by atoms with Gasteiger partial charge in [-0.15, -0.1) is 0 Å². The van der Waals surface area contributed by atoms with Crippen molar-refractivity contribution >= 4 is 23.2 Å². The van der Waals surface area contributed by atoms with E-state index in [1.165, 1.54) is 6.08 Å². The highest BCUT2D eigenvalue weighted by Gasteiger charge is 2.38. The Morgan fingerprint density at radius 2 is 1.86 bits per heavy atom. The van der Waals surface area contributed by atoms with E-state index in [2.05, 4.69) is 21.2 Å². The van der Waals surface area contributed by atoms with E-state index in [1.807, 2.05) is 11.0 Å². The van der Waals surface area contributed by atoms with E-state index in [9.17, 15) is 18.0 Å². The predicted molar refractivity (Wildman–Crippen MR) is 133 cm³/mol. The van der Waals surface area contributed by atoms with Gasteiger partial charge in [-0.1, -0.05) is 23.8 Å². The Morgan fingerprint density at radius 3 is 2.44 bits per heavy atom. The summed E-state index contributed by atoms with van der Waals surface area (Å²) < 4.78 is 38.5. The van der Waals surface area contributed by atoms with E-state index in [1.54, 1.807) is 24.3 Å². The van der Waals surface area contributed by atoms with Crippen LogP contribution < -0.4 is 5.32 Å². The second kappa shape index (κ2) is 11.6. The molecule has 0 radical (unpaired) electrons. The lowest BCUT2D eigenvalue weighted by molar-refractivity contribution is -0.160. The number of piperidine rings is 1. The zero-order chi connectivity index (χ0) is 25.7. The smallest absolute Gasteiger partial charge is 0.382 e. The van der Waals surface area contributed by atoms with Gasteiger partial charge in [-0.3, -0.25) is 9.69 Å². The average Bonchev–Trinajstić information content (AvgIpc) is 2.88. The molecule has 2 aliphatic heterocycles. The fourth-order valence-corrected chi connectivity index (χ4v) is 5.16. The molecule has 4 rings (SSSR count). The quantitative estimate of drug-likeness (QED) is 0.590. The maximum atomic E-state index is 12.8. The Balaban J connectivity index is 1.14. The minimum atomic E-state index is -4.19. The molecule has 3 aliphatic rings. The molecule has 6 nitrogen and oxygen atoms in total. The van der Waals surface area contributed by atoms with Gasteiger partial charge in [-0.25, -0.2) is 0 Å². The summed E-state index contributed by atoms with van der Waals surface area (Å²) in [6.07, 6.45) is 2.52. The van der Waals surface area contributed by atoms with Crippen molar-refractivity contribution < 1.29 is 18.0 Å². The molecule has 2 saturated heterocycles. The van der Waals surface area contributed by atoms with Crippen LogP contribution in [-0.2, 0) is 4.79 Å². The molecule has 0 spiro atoms. The van der Waals surface area contributed by atoms with Crippen molar-refractivity contribution in [3.63, 3.8) is 0 Å². The number of allylic oxidation sites excluding steroid dienone is 3. The standard InChI is InChI=1S/C26H31ClF3N5O/c27-24-17-22(4-1-19(24)18-31)32-21-7-11-35(12-8-21)25(36)9-10-33-13-15-34(16-14-33)23-5-2-20(3-6-23)26(28,29)30/h1-2,4-6,17,20-21,32H,3,7-16H2. The van der Waals surface area contributed by atoms with Crippen molar-refractivity contribution in [1.82, 2.24) is 14.7 Å².